The van der Waals surface area contributed by atoms with Gasteiger partial charge in [-0.25, -0.2) is 4.98 Å². The van der Waals surface area contributed by atoms with Gasteiger partial charge in [0.15, 0.2) is 0 Å². The second-order valence-corrected chi connectivity index (χ2v) is 9.39. The zero-order chi connectivity index (χ0) is 24.5. The molecule has 1 aliphatic rings. The number of aromatic amines is 1. The summed E-state index contributed by atoms with van der Waals surface area (Å²) in [6.07, 6.45) is 11.1. The van der Waals surface area contributed by atoms with Gasteiger partial charge in [-0.2, -0.15) is 0 Å². The number of hydrogen-bond acceptors (Lipinski definition) is 6. The van der Waals surface area contributed by atoms with Crippen molar-refractivity contribution in [3.05, 3.63) is 64.6 Å². The van der Waals surface area contributed by atoms with Crippen LogP contribution in [-0.4, -0.2) is 51.6 Å². The fourth-order valence-corrected chi connectivity index (χ4v) is 4.77. The Labute approximate surface area is 204 Å². The minimum Gasteiger partial charge on any atom is -0.390 e. The first-order chi connectivity index (χ1) is 16.5. The summed E-state index contributed by atoms with van der Waals surface area (Å²) >= 11 is 0. The van der Waals surface area contributed by atoms with Crippen LogP contribution in [0.5, 0.6) is 0 Å². The van der Waals surface area contributed by atoms with Crippen LogP contribution < -0.4 is 10.6 Å². The number of likely N-dealkylation sites (tertiary alicyclic amines) is 1. The molecule has 34 heavy (non-hydrogen) atoms. The fourth-order valence-electron chi connectivity index (χ4n) is 4.77. The molecule has 0 aromatic carbocycles. The molecule has 7 heteroatoms. The number of nitrogens with one attached hydrogen (secondary N) is 3. The lowest BCUT2D eigenvalue weighted by molar-refractivity contribution is 0.107. The molecule has 3 rings (SSSR count). The minimum absolute atomic E-state index is 0.0487. The van der Waals surface area contributed by atoms with E-state index in [0.717, 1.165) is 61.8 Å². The van der Waals surface area contributed by atoms with E-state index in [1.807, 2.05) is 30.5 Å². The largest absolute Gasteiger partial charge is 0.390 e. The monoisotopic (exact) mass is 466 g/mol. The van der Waals surface area contributed by atoms with Gasteiger partial charge >= 0.3 is 0 Å². The summed E-state index contributed by atoms with van der Waals surface area (Å²) in [5.74, 6) is 1.20. The number of nitrogens with zero attached hydrogens (tertiary/aromatic N) is 3. The second-order valence-electron chi connectivity index (χ2n) is 9.39. The zero-order valence-corrected chi connectivity index (χ0v) is 21.4. The van der Waals surface area contributed by atoms with Gasteiger partial charge in [0.2, 0.25) is 0 Å². The number of piperidine rings is 1. The molecule has 0 unspecified atom stereocenters. The number of aromatic nitrogens is 3. The first-order valence-electron chi connectivity index (χ1n) is 12.6. The summed E-state index contributed by atoms with van der Waals surface area (Å²) in [7, 11) is 2.17. The smallest absolute Gasteiger partial charge is 0.130 e. The molecule has 0 aliphatic carbocycles. The van der Waals surface area contributed by atoms with E-state index >= 15 is 0 Å². The molecule has 0 saturated carbocycles. The van der Waals surface area contributed by atoms with Crippen LogP contribution in [0.3, 0.4) is 0 Å². The molecule has 1 fully saturated rings. The molecule has 2 aromatic heterocycles. The molecule has 0 bridgehead atoms. The van der Waals surface area contributed by atoms with Crippen molar-refractivity contribution < 1.29 is 5.11 Å². The number of hydrogen-bond donors (Lipinski definition) is 4. The Morgan fingerprint density at radius 2 is 2.03 bits per heavy atom. The maximum atomic E-state index is 10.0. The Morgan fingerprint density at radius 3 is 2.74 bits per heavy atom. The summed E-state index contributed by atoms with van der Waals surface area (Å²) in [6, 6.07) is 4.62. The Balaban J connectivity index is 1.75. The molecule has 1 saturated heterocycles. The Bertz CT molecular complexity index is 964. The third-order valence-corrected chi connectivity index (χ3v) is 6.61. The van der Waals surface area contributed by atoms with Gasteiger partial charge in [-0.3, -0.25) is 9.88 Å². The number of imidazole rings is 1. The normalized spacial score (nSPS) is 19.9. The van der Waals surface area contributed by atoms with Crippen molar-refractivity contribution in [2.75, 3.05) is 26.7 Å². The van der Waals surface area contributed by atoms with Gasteiger partial charge in [0.05, 0.1) is 35.8 Å². The minimum atomic E-state index is -0.0487. The van der Waals surface area contributed by atoms with Crippen LogP contribution in [0.2, 0.25) is 0 Å². The Kier molecular flexibility index (Phi) is 9.86. The van der Waals surface area contributed by atoms with E-state index in [4.69, 9.17) is 9.97 Å². The number of aliphatic hydroxyl groups is 1. The van der Waals surface area contributed by atoms with Crippen molar-refractivity contribution in [3.8, 4) is 0 Å². The first-order valence-corrected chi connectivity index (χ1v) is 12.6. The standard InChI is InChI=1S/C27H42N6O/c1-6-28-16-17-29-20(4)10-7-14-25-31-22(18-34)27(32-25)24-13-8-12-23(33(24)5)26-21(19(2)3)11-9-15-30-26/h7,9-11,14-15,19,23-24,28-29,34H,6,8,12-13,16-18H2,1-5H3,(H,31,32)/b14-7-,20-10+/t23-,24+/m0/s1. The highest BCUT2D eigenvalue weighted by Crippen LogP contribution is 2.41. The molecule has 1 aliphatic heterocycles. The molecular weight excluding hydrogens is 424 g/mol. The highest BCUT2D eigenvalue weighted by molar-refractivity contribution is 5.45. The maximum absolute atomic E-state index is 10.0. The van der Waals surface area contributed by atoms with E-state index < -0.39 is 0 Å². The Morgan fingerprint density at radius 1 is 1.26 bits per heavy atom. The summed E-state index contributed by atoms with van der Waals surface area (Å²) < 4.78 is 0. The summed E-state index contributed by atoms with van der Waals surface area (Å²) in [5.41, 5.74) is 5.34. The number of allylic oxidation sites excluding steroid dienone is 3. The second kappa shape index (κ2) is 12.8. The molecule has 4 N–H and O–H groups in total. The first kappa shape index (κ1) is 26.1. The quantitative estimate of drug-likeness (QED) is 0.289. The molecule has 0 amide bonds. The SMILES string of the molecule is CCNCCN/C(C)=C/C=C\c1nc([C@H]2CCC[C@@H](c3ncccc3C(C)C)N2C)c(CO)[nH]1. The molecule has 0 radical (unpaired) electrons. The van der Waals surface area contributed by atoms with Crippen LogP contribution in [0, 0.1) is 0 Å². The molecule has 3 heterocycles. The average Bonchev–Trinajstić information content (AvgIpc) is 3.25. The third kappa shape index (κ3) is 6.56. The van der Waals surface area contributed by atoms with E-state index in [1.165, 1.54) is 11.3 Å². The highest BCUT2D eigenvalue weighted by atomic mass is 16.3. The van der Waals surface area contributed by atoms with E-state index in [1.54, 1.807) is 0 Å². The van der Waals surface area contributed by atoms with Crippen molar-refractivity contribution in [1.29, 1.82) is 0 Å². The van der Waals surface area contributed by atoms with Crippen molar-refractivity contribution in [3.63, 3.8) is 0 Å². The molecule has 2 aromatic rings. The lowest BCUT2D eigenvalue weighted by Crippen LogP contribution is -2.35. The maximum Gasteiger partial charge on any atom is 0.130 e. The number of pyridine rings is 1. The van der Waals surface area contributed by atoms with Crippen molar-refractivity contribution in [2.24, 2.45) is 0 Å². The molecule has 7 nitrogen and oxygen atoms in total. The van der Waals surface area contributed by atoms with Gasteiger partial charge in [0.1, 0.15) is 5.82 Å². The third-order valence-electron chi connectivity index (χ3n) is 6.61. The van der Waals surface area contributed by atoms with Crippen LogP contribution in [0.1, 0.15) is 93.4 Å². The average molecular weight is 467 g/mol. The highest BCUT2D eigenvalue weighted by Gasteiger charge is 2.34. The molecule has 0 spiro atoms. The van der Waals surface area contributed by atoms with Crippen molar-refractivity contribution in [2.45, 2.75) is 71.6 Å². The van der Waals surface area contributed by atoms with Crippen molar-refractivity contribution in [1.82, 2.24) is 30.5 Å². The van der Waals surface area contributed by atoms with E-state index in [0.29, 0.717) is 5.92 Å². The Hall–Kier alpha value is -2.48. The van der Waals surface area contributed by atoms with Gasteiger partial charge in [0.25, 0.3) is 0 Å². The predicted octanol–water partition coefficient (Wildman–Crippen LogP) is 4.43. The lowest BCUT2D eigenvalue weighted by Gasteiger charge is -2.39. The van der Waals surface area contributed by atoms with Crippen LogP contribution >= 0.6 is 0 Å². The summed E-state index contributed by atoms with van der Waals surface area (Å²) in [4.78, 5) is 15.4. The van der Waals surface area contributed by atoms with Crippen LogP contribution in [0.15, 0.2) is 36.2 Å². The number of H-pyrrole nitrogens is 1. The van der Waals surface area contributed by atoms with E-state index in [2.05, 4.69) is 61.3 Å². The van der Waals surface area contributed by atoms with Crippen LogP contribution in [0.4, 0.5) is 0 Å². The number of rotatable bonds is 11. The molecule has 186 valence electrons. The predicted molar refractivity (Wildman–Crippen MR) is 139 cm³/mol. The molecular formula is C27H42N6O. The lowest BCUT2D eigenvalue weighted by atomic mass is 9.88. The van der Waals surface area contributed by atoms with E-state index in [9.17, 15) is 5.11 Å². The van der Waals surface area contributed by atoms with Gasteiger partial charge in [-0.15, -0.1) is 0 Å². The van der Waals surface area contributed by atoms with Crippen LogP contribution in [-0.2, 0) is 6.61 Å². The van der Waals surface area contributed by atoms with Gasteiger partial charge in [-0.1, -0.05) is 32.9 Å². The van der Waals surface area contributed by atoms with Crippen molar-refractivity contribution >= 4 is 6.08 Å². The van der Waals surface area contributed by atoms with Gasteiger partial charge in [0, 0.05) is 25.0 Å². The van der Waals surface area contributed by atoms with Crippen LogP contribution in [0.25, 0.3) is 6.08 Å². The summed E-state index contributed by atoms with van der Waals surface area (Å²) in [5, 5.41) is 16.7. The zero-order valence-electron chi connectivity index (χ0n) is 21.4. The topological polar surface area (TPSA) is 89.1 Å². The van der Waals surface area contributed by atoms with Gasteiger partial charge < -0.3 is 20.7 Å². The number of likely N-dealkylation sites (N-methyl/N-ethyl adjacent to an activating group) is 1. The summed E-state index contributed by atoms with van der Waals surface area (Å²) in [6.45, 7) is 11.4. The fraction of sp³-hybridized carbons (Fsp3) is 0.556. The van der Waals surface area contributed by atoms with E-state index in [-0.39, 0.29) is 18.7 Å². The van der Waals surface area contributed by atoms with Gasteiger partial charge in [-0.05, 0) is 69.5 Å². The molecule has 2 atom stereocenters. The number of aliphatic hydroxyl groups excluding tert-OH is 1.